The van der Waals surface area contributed by atoms with Crippen molar-refractivity contribution in [1.29, 1.82) is 0 Å². The van der Waals surface area contributed by atoms with E-state index in [0.29, 0.717) is 5.92 Å². The van der Waals surface area contributed by atoms with E-state index in [4.69, 9.17) is 5.11 Å². The lowest BCUT2D eigenvalue weighted by atomic mass is 10.1. The number of aliphatic hydroxyl groups excluding tert-OH is 1. The second-order valence-electron chi connectivity index (χ2n) is 4.98. The molecule has 2 N–H and O–H groups in total. The molecule has 102 valence electrons. The molecule has 0 aliphatic rings. The summed E-state index contributed by atoms with van der Waals surface area (Å²) in [5, 5.41) is 12.5. The molecule has 2 nitrogen and oxygen atoms in total. The van der Waals surface area contributed by atoms with Gasteiger partial charge < -0.3 is 10.4 Å². The van der Waals surface area contributed by atoms with Gasteiger partial charge in [-0.2, -0.15) is 0 Å². The molecule has 0 bridgehead atoms. The number of hydrogen-bond donors (Lipinski definition) is 2. The van der Waals surface area contributed by atoms with Gasteiger partial charge in [0.15, 0.2) is 0 Å². The number of aryl methyl sites for hydroxylation is 1. The fraction of sp³-hybridized carbons (Fsp3) is 0.625. The maximum atomic E-state index is 9.08. The monoisotopic (exact) mass is 249 g/mol. The Bertz CT molecular complexity index is 303. The van der Waals surface area contributed by atoms with Gasteiger partial charge in [0.2, 0.25) is 0 Å². The normalized spacial score (nSPS) is 12.6. The summed E-state index contributed by atoms with van der Waals surface area (Å²) in [6.45, 7) is 6.53. The number of rotatable bonds is 9. The summed E-state index contributed by atoms with van der Waals surface area (Å²) in [6.07, 6.45) is 4.48. The maximum absolute atomic E-state index is 9.08. The van der Waals surface area contributed by atoms with E-state index in [0.717, 1.165) is 25.9 Å². The first-order chi connectivity index (χ1) is 8.80. The third-order valence-corrected chi connectivity index (χ3v) is 3.42. The van der Waals surface area contributed by atoms with Crippen molar-refractivity contribution in [1.82, 2.24) is 5.32 Å². The number of nitrogens with one attached hydrogen (secondary N) is 1. The van der Waals surface area contributed by atoms with Crippen LogP contribution >= 0.6 is 0 Å². The predicted octanol–water partition coefficient (Wildman–Crippen LogP) is 2.79. The van der Waals surface area contributed by atoms with Crippen molar-refractivity contribution in [3.8, 4) is 0 Å². The van der Waals surface area contributed by atoms with Crippen LogP contribution in [-0.2, 0) is 12.8 Å². The molecule has 0 amide bonds. The zero-order chi connectivity index (χ0) is 13.2. The molecule has 0 aromatic heterocycles. The van der Waals surface area contributed by atoms with Gasteiger partial charge in [-0.05, 0) is 42.9 Å². The van der Waals surface area contributed by atoms with Crippen LogP contribution in [0, 0.1) is 5.92 Å². The lowest BCUT2D eigenvalue weighted by Crippen LogP contribution is -2.26. The molecule has 1 rings (SSSR count). The van der Waals surface area contributed by atoms with Crippen LogP contribution in [0.2, 0.25) is 0 Å². The second-order valence-corrected chi connectivity index (χ2v) is 4.98. The third kappa shape index (κ3) is 5.65. The zero-order valence-corrected chi connectivity index (χ0v) is 11.8. The van der Waals surface area contributed by atoms with Crippen molar-refractivity contribution in [3.63, 3.8) is 0 Å². The van der Waals surface area contributed by atoms with Crippen LogP contribution in [0.3, 0.4) is 0 Å². The van der Waals surface area contributed by atoms with Gasteiger partial charge in [-0.15, -0.1) is 0 Å². The fourth-order valence-electron chi connectivity index (χ4n) is 2.04. The van der Waals surface area contributed by atoms with E-state index in [1.54, 1.807) is 0 Å². The Morgan fingerprint density at radius 1 is 1.06 bits per heavy atom. The molecule has 0 fully saturated rings. The molecule has 0 saturated heterocycles. The lowest BCUT2D eigenvalue weighted by Gasteiger charge is -2.12. The smallest absolute Gasteiger partial charge is 0.0471 e. The lowest BCUT2D eigenvalue weighted by molar-refractivity contribution is 0.219. The van der Waals surface area contributed by atoms with Crippen LogP contribution in [-0.4, -0.2) is 24.8 Å². The van der Waals surface area contributed by atoms with Crippen LogP contribution in [0.15, 0.2) is 24.3 Å². The highest BCUT2D eigenvalue weighted by Gasteiger charge is 2.03. The van der Waals surface area contributed by atoms with Gasteiger partial charge in [-0.1, -0.05) is 44.5 Å². The summed E-state index contributed by atoms with van der Waals surface area (Å²) >= 11 is 0. The third-order valence-electron chi connectivity index (χ3n) is 3.42. The van der Waals surface area contributed by atoms with Gasteiger partial charge in [-0.3, -0.25) is 0 Å². The van der Waals surface area contributed by atoms with Gasteiger partial charge in [0.05, 0.1) is 0 Å². The minimum atomic E-state index is 0.287. The Hall–Kier alpha value is -0.860. The van der Waals surface area contributed by atoms with Crippen molar-refractivity contribution in [3.05, 3.63) is 35.4 Å². The van der Waals surface area contributed by atoms with Gasteiger partial charge >= 0.3 is 0 Å². The molecule has 0 spiro atoms. The first kappa shape index (κ1) is 15.2. The van der Waals surface area contributed by atoms with Crippen molar-refractivity contribution in [2.45, 2.75) is 39.5 Å². The number of aliphatic hydroxyl groups is 1. The Labute approximate surface area is 111 Å². The van der Waals surface area contributed by atoms with E-state index < -0.39 is 0 Å². The Kier molecular flexibility index (Phi) is 7.70. The molecule has 1 unspecified atom stereocenters. The van der Waals surface area contributed by atoms with Crippen LogP contribution in [0.25, 0.3) is 0 Å². The molecule has 0 aliphatic heterocycles. The standard InChI is InChI=1S/C16H27NO/c1-3-5-15-6-8-16(9-7-15)10-11-17-12-14(4-2)13-18/h6-9,14,17-18H,3-5,10-13H2,1-2H3. The molecule has 0 saturated carbocycles. The molecular weight excluding hydrogens is 222 g/mol. The quantitative estimate of drug-likeness (QED) is 0.660. The largest absolute Gasteiger partial charge is 0.396 e. The Morgan fingerprint density at radius 2 is 1.67 bits per heavy atom. The SMILES string of the molecule is CCCc1ccc(CCNCC(CC)CO)cc1. The van der Waals surface area contributed by atoms with Gasteiger partial charge in [-0.25, -0.2) is 0 Å². The summed E-state index contributed by atoms with van der Waals surface area (Å²) in [7, 11) is 0. The second kappa shape index (κ2) is 9.12. The Balaban J connectivity index is 2.22. The van der Waals surface area contributed by atoms with E-state index in [1.165, 1.54) is 24.0 Å². The predicted molar refractivity (Wildman–Crippen MR) is 77.9 cm³/mol. The average molecular weight is 249 g/mol. The van der Waals surface area contributed by atoms with Gasteiger partial charge in [0, 0.05) is 13.2 Å². The molecule has 1 aromatic rings. The van der Waals surface area contributed by atoms with E-state index in [-0.39, 0.29) is 6.61 Å². The van der Waals surface area contributed by atoms with Gasteiger partial charge in [0.1, 0.15) is 0 Å². The molecule has 0 aliphatic carbocycles. The molecule has 2 heteroatoms. The Morgan fingerprint density at radius 3 is 2.17 bits per heavy atom. The van der Waals surface area contributed by atoms with Crippen LogP contribution in [0.5, 0.6) is 0 Å². The first-order valence-corrected chi connectivity index (χ1v) is 7.19. The van der Waals surface area contributed by atoms with E-state index in [1.807, 2.05) is 0 Å². The molecule has 1 atom stereocenters. The van der Waals surface area contributed by atoms with Crippen LogP contribution < -0.4 is 5.32 Å². The fourth-order valence-corrected chi connectivity index (χ4v) is 2.04. The van der Waals surface area contributed by atoms with Crippen LogP contribution in [0.1, 0.15) is 37.8 Å². The molecule has 0 heterocycles. The summed E-state index contributed by atoms with van der Waals surface area (Å²) < 4.78 is 0. The minimum absolute atomic E-state index is 0.287. The highest BCUT2D eigenvalue weighted by molar-refractivity contribution is 5.22. The van der Waals surface area contributed by atoms with E-state index >= 15 is 0 Å². The molecule has 0 radical (unpaired) electrons. The van der Waals surface area contributed by atoms with Gasteiger partial charge in [0.25, 0.3) is 0 Å². The summed E-state index contributed by atoms with van der Waals surface area (Å²) in [6, 6.07) is 8.94. The highest BCUT2D eigenvalue weighted by atomic mass is 16.3. The highest BCUT2D eigenvalue weighted by Crippen LogP contribution is 2.07. The topological polar surface area (TPSA) is 32.3 Å². The van der Waals surface area contributed by atoms with Crippen LogP contribution in [0.4, 0.5) is 0 Å². The zero-order valence-electron chi connectivity index (χ0n) is 11.8. The minimum Gasteiger partial charge on any atom is -0.396 e. The van der Waals surface area contributed by atoms with E-state index in [9.17, 15) is 0 Å². The number of benzene rings is 1. The molecular formula is C16H27NO. The molecule has 1 aromatic carbocycles. The molecule has 18 heavy (non-hydrogen) atoms. The van der Waals surface area contributed by atoms with Crippen molar-refractivity contribution >= 4 is 0 Å². The van der Waals surface area contributed by atoms with Crippen molar-refractivity contribution < 1.29 is 5.11 Å². The summed E-state index contributed by atoms with van der Waals surface area (Å²) in [5.41, 5.74) is 2.82. The first-order valence-electron chi connectivity index (χ1n) is 7.19. The van der Waals surface area contributed by atoms with Crippen molar-refractivity contribution in [2.75, 3.05) is 19.7 Å². The van der Waals surface area contributed by atoms with Crippen molar-refractivity contribution in [2.24, 2.45) is 5.92 Å². The number of hydrogen-bond acceptors (Lipinski definition) is 2. The van der Waals surface area contributed by atoms with E-state index in [2.05, 4.69) is 43.4 Å². The summed E-state index contributed by atoms with van der Waals surface area (Å²) in [4.78, 5) is 0. The summed E-state index contributed by atoms with van der Waals surface area (Å²) in [5.74, 6) is 0.400. The maximum Gasteiger partial charge on any atom is 0.0471 e. The average Bonchev–Trinajstić information content (AvgIpc) is 2.41.